The largest absolute Gasteiger partial charge is 0.545 e. The number of anilines is 2. The van der Waals surface area contributed by atoms with Crippen LogP contribution < -0.4 is 15.7 Å². The van der Waals surface area contributed by atoms with Crippen molar-refractivity contribution in [2.75, 3.05) is 10.6 Å². The second kappa shape index (κ2) is 11.3. The van der Waals surface area contributed by atoms with Crippen LogP contribution in [0.5, 0.6) is 0 Å². The molecule has 0 spiro atoms. The molecule has 2 amide bonds. The molecule has 5 aromatic rings. The predicted molar refractivity (Wildman–Crippen MR) is 150 cm³/mol. The van der Waals surface area contributed by atoms with E-state index >= 15 is 0 Å². The number of amides is 2. The quantitative estimate of drug-likeness (QED) is 0.285. The summed E-state index contributed by atoms with van der Waals surface area (Å²) in [7, 11) is 0. The van der Waals surface area contributed by atoms with Gasteiger partial charge in [0.15, 0.2) is 0 Å². The maximum Gasteiger partial charge on any atom is 0.255 e. The lowest BCUT2D eigenvalue weighted by Gasteiger charge is -2.13. The summed E-state index contributed by atoms with van der Waals surface area (Å²) in [5.41, 5.74) is 5.03. The molecule has 0 saturated heterocycles. The van der Waals surface area contributed by atoms with Crippen LogP contribution in [0.2, 0.25) is 0 Å². The van der Waals surface area contributed by atoms with Gasteiger partial charge in [-0.05, 0) is 64.7 Å². The molecule has 39 heavy (non-hydrogen) atoms. The van der Waals surface area contributed by atoms with E-state index in [1.54, 1.807) is 24.3 Å². The Morgan fingerprint density at radius 2 is 0.795 bits per heavy atom. The summed E-state index contributed by atoms with van der Waals surface area (Å²) < 4.78 is 0. The summed E-state index contributed by atoms with van der Waals surface area (Å²) in [6.45, 7) is 0. The highest BCUT2D eigenvalue weighted by atomic mass is 16.4. The van der Waals surface area contributed by atoms with Gasteiger partial charge in [-0.15, -0.1) is 0 Å². The second-order valence-corrected chi connectivity index (χ2v) is 8.88. The number of carbonyl (C=O) groups is 3. The van der Waals surface area contributed by atoms with Crippen LogP contribution in [0.1, 0.15) is 31.1 Å². The lowest BCUT2D eigenvalue weighted by atomic mass is 10.0. The zero-order valence-electron chi connectivity index (χ0n) is 20.8. The smallest absolute Gasteiger partial charge is 0.255 e. The minimum atomic E-state index is -1.43. The van der Waals surface area contributed by atoms with Gasteiger partial charge in [0.25, 0.3) is 11.8 Å². The number of aromatic carboxylic acids is 1. The van der Waals surface area contributed by atoms with Gasteiger partial charge in [-0.3, -0.25) is 9.59 Å². The minimum absolute atomic E-state index is 0.179. The number of rotatable bonds is 7. The number of hydrogen-bond donors (Lipinski definition) is 2. The van der Waals surface area contributed by atoms with E-state index in [1.807, 2.05) is 84.9 Å². The van der Waals surface area contributed by atoms with E-state index in [9.17, 15) is 19.5 Å². The maximum absolute atomic E-state index is 12.9. The van der Waals surface area contributed by atoms with Crippen molar-refractivity contribution in [3.63, 3.8) is 0 Å². The fraction of sp³-hybridized carbons (Fsp3) is 0. The Bertz CT molecular complexity index is 1510. The summed E-state index contributed by atoms with van der Waals surface area (Å²) in [5, 5.41) is 17.0. The molecule has 0 radical (unpaired) electrons. The van der Waals surface area contributed by atoms with Gasteiger partial charge in [-0.2, -0.15) is 0 Å². The normalized spacial score (nSPS) is 10.5. The number of carboxylic acid groups (broad SMARTS) is 1. The van der Waals surface area contributed by atoms with Gasteiger partial charge in [-0.25, -0.2) is 0 Å². The Balaban J connectivity index is 1.32. The van der Waals surface area contributed by atoms with Crippen LogP contribution in [0.4, 0.5) is 11.4 Å². The second-order valence-electron chi connectivity index (χ2n) is 8.88. The molecular weight excluding hydrogens is 488 g/mol. The fourth-order valence-electron chi connectivity index (χ4n) is 4.19. The molecule has 0 bridgehead atoms. The first-order valence-corrected chi connectivity index (χ1v) is 12.3. The highest BCUT2D eigenvalue weighted by molar-refractivity contribution is 6.07. The molecule has 0 fully saturated rings. The average Bonchev–Trinajstić information content (AvgIpc) is 2.98. The van der Waals surface area contributed by atoms with E-state index in [0.29, 0.717) is 11.1 Å². The van der Waals surface area contributed by atoms with Crippen molar-refractivity contribution in [1.29, 1.82) is 0 Å². The molecule has 2 N–H and O–H groups in total. The third kappa shape index (κ3) is 6.09. The molecule has 0 aliphatic carbocycles. The minimum Gasteiger partial charge on any atom is -0.545 e. The van der Waals surface area contributed by atoms with Crippen LogP contribution in [-0.4, -0.2) is 17.8 Å². The van der Waals surface area contributed by atoms with Gasteiger partial charge in [0.05, 0.1) is 5.97 Å². The van der Waals surface area contributed by atoms with E-state index in [4.69, 9.17) is 0 Å². The summed E-state index contributed by atoms with van der Waals surface area (Å²) in [6, 6.07) is 37.8. The van der Waals surface area contributed by atoms with Crippen LogP contribution in [0, 0.1) is 0 Å². The van der Waals surface area contributed by atoms with E-state index in [1.165, 1.54) is 18.2 Å². The van der Waals surface area contributed by atoms with Crippen molar-refractivity contribution in [2.24, 2.45) is 0 Å². The van der Waals surface area contributed by atoms with Gasteiger partial charge in [0.2, 0.25) is 0 Å². The van der Waals surface area contributed by atoms with Gasteiger partial charge in [-0.1, -0.05) is 84.9 Å². The van der Waals surface area contributed by atoms with E-state index in [2.05, 4.69) is 10.6 Å². The number of hydrogen-bond acceptors (Lipinski definition) is 4. The lowest BCUT2D eigenvalue weighted by Crippen LogP contribution is -2.23. The van der Waals surface area contributed by atoms with E-state index in [-0.39, 0.29) is 16.9 Å². The first kappa shape index (κ1) is 25.2. The van der Waals surface area contributed by atoms with Crippen molar-refractivity contribution in [2.45, 2.75) is 0 Å². The Labute approximate surface area is 225 Å². The fourth-order valence-corrected chi connectivity index (χ4v) is 4.19. The molecule has 6 heteroatoms. The maximum atomic E-state index is 12.9. The van der Waals surface area contributed by atoms with Crippen LogP contribution in [0.25, 0.3) is 22.3 Å². The zero-order chi connectivity index (χ0) is 27.2. The highest BCUT2D eigenvalue weighted by Gasteiger charge is 2.12. The van der Waals surface area contributed by atoms with Crippen LogP contribution >= 0.6 is 0 Å². The zero-order valence-corrected chi connectivity index (χ0v) is 20.8. The first-order valence-electron chi connectivity index (χ1n) is 12.3. The van der Waals surface area contributed by atoms with E-state index < -0.39 is 17.8 Å². The molecule has 5 aromatic carbocycles. The molecule has 0 aliphatic heterocycles. The molecule has 0 heterocycles. The molecule has 5 rings (SSSR count). The Kier molecular flexibility index (Phi) is 7.28. The third-order valence-electron chi connectivity index (χ3n) is 6.19. The molecular formula is C33H23N2O4-. The molecule has 0 atom stereocenters. The summed E-state index contributed by atoms with van der Waals surface area (Å²) in [5.74, 6) is -2.27. The molecule has 190 valence electrons. The standard InChI is InChI=1S/C33H24N2O4/c36-31(26-15-11-24(12-16-26)22-7-3-1-4-8-22)34-29-19-28(33(38)39)20-30(21-29)35-32(37)27-17-13-25(14-18-27)23-9-5-2-6-10-23/h1-21H,(H,34,36)(H,35,37)(H,38,39)/p-1. The molecule has 6 nitrogen and oxygen atoms in total. The molecule has 0 aromatic heterocycles. The van der Waals surface area contributed by atoms with Crippen LogP contribution in [0.3, 0.4) is 0 Å². The summed E-state index contributed by atoms with van der Waals surface area (Å²) >= 11 is 0. The van der Waals surface area contributed by atoms with Crippen molar-refractivity contribution in [3.8, 4) is 22.3 Å². The predicted octanol–water partition coefficient (Wildman–Crippen LogP) is 5.89. The Hall–Kier alpha value is -5.49. The lowest BCUT2D eigenvalue weighted by molar-refractivity contribution is -0.255. The van der Waals surface area contributed by atoms with Crippen molar-refractivity contribution < 1.29 is 19.5 Å². The number of carbonyl (C=O) groups excluding carboxylic acids is 3. The summed E-state index contributed by atoms with van der Waals surface area (Å²) in [6.07, 6.45) is 0. The van der Waals surface area contributed by atoms with Gasteiger partial charge in [0, 0.05) is 28.1 Å². The van der Waals surface area contributed by atoms with Crippen LogP contribution in [-0.2, 0) is 0 Å². The number of carboxylic acids is 1. The molecule has 0 unspecified atom stereocenters. The number of nitrogens with one attached hydrogen (secondary N) is 2. The molecule has 0 saturated carbocycles. The third-order valence-corrected chi connectivity index (χ3v) is 6.19. The van der Waals surface area contributed by atoms with Gasteiger partial charge >= 0.3 is 0 Å². The van der Waals surface area contributed by atoms with E-state index in [0.717, 1.165) is 22.3 Å². The van der Waals surface area contributed by atoms with Gasteiger partial charge in [0.1, 0.15) is 0 Å². The summed E-state index contributed by atoms with van der Waals surface area (Å²) in [4.78, 5) is 37.4. The Morgan fingerprint density at radius 3 is 1.15 bits per heavy atom. The monoisotopic (exact) mass is 511 g/mol. The van der Waals surface area contributed by atoms with Crippen molar-refractivity contribution >= 4 is 29.2 Å². The number of benzene rings is 5. The highest BCUT2D eigenvalue weighted by Crippen LogP contribution is 2.24. The van der Waals surface area contributed by atoms with Crippen molar-refractivity contribution in [1.82, 2.24) is 0 Å². The van der Waals surface area contributed by atoms with Crippen molar-refractivity contribution in [3.05, 3.63) is 144 Å². The first-order chi connectivity index (χ1) is 19.0. The SMILES string of the molecule is O=C([O-])c1cc(NC(=O)c2ccc(-c3ccccc3)cc2)cc(NC(=O)c2ccc(-c3ccccc3)cc2)c1. The van der Waals surface area contributed by atoms with Crippen LogP contribution in [0.15, 0.2) is 127 Å². The molecule has 0 aliphatic rings. The Morgan fingerprint density at radius 1 is 0.436 bits per heavy atom. The average molecular weight is 512 g/mol. The topological polar surface area (TPSA) is 98.3 Å². The van der Waals surface area contributed by atoms with Gasteiger partial charge < -0.3 is 20.5 Å².